The van der Waals surface area contributed by atoms with E-state index in [4.69, 9.17) is 4.74 Å². The van der Waals surface area contributed by atoms with Crippen molar-refractivity contribution >= 4 is 33.0 Å². The van der Waals surface area contributed by atoms with E-state index in [9.17, 15) is 4.79 Å². The van der Waals surface area contributed by atoms with Gasteiger partial charge in [-0.3, -0.25) is 4.79 Å². The molecule has 0 N–H and O–H groups in total. The molecule has 11 heavy (non-hydrogen) atoms. The van der Waals surface area contributed by atoms with Gasteiger partial charge in [0.25, 0.3) is 0 Å². The Labute approximate surface area is 77.3 Å². The van der Waals surface area contributed by atoms with Crippen molar-refractivity contribution in [1.82, 2.24) is 0 Å². The van der Waals surface area contributed by atoms with Crippen LogP contribution in [0.5, 0.6) is 5.75 Å². The van der Waals surface area contributed by atoms with E-state index in [0.29, 0.717) is 4.88 Å². The fraction of sp³-hybridized carbons (Fsp3) is 0.286. The number of methoxy groups -OCH3 is 1. The molecule has 0 aliphatic heterocycles. The van der Waals surface area contributed by atoms with Crippen LogP contribution in [0.15, 0.2) is 9.85 Å². The lowest BCUT2D eigenvalue weighted by atomic mass is 10.3. The van der Waals surface area contributed by atoms with E-state index in [1.54, 1.807) is 13.2 Å². The maximum atomic E-state index is 10.9. The molecule has 0 saturated heterocycles. The minimum Gasteiger partial charge on any atom is -0.495 e. The van der Waals surface area contributed by atoms with Gasteiger partial charge in [0, 0.05) is 6.07 Å². The van der Waals surface area contributed by atoms with Gasteiger partial charge < -0.3 is 4.74 Å². The van der Waals surface area contributed by atoms with E-state index in [1.807, 2.05) is 0 Å². The number of hydrogen-bond donors (Lipinski definition) is 0. The van der Waals surface area contributed by atoms with E-state index < -0.39 is 0 Å². The monoisotopic (exact) mass is 234 g/mol. The number of thiophene rings is 1. The van der Waals surface area contributed by atoms with Crippen molar-refractivity contribution in [2.45, 2.75) is 6.92 Å². The molecule has 0 radical (unpaired) electrons. The zero-order valence-electron chi connectivity index (χ0n) is 6.18. The second-order valence-electron chi connectivity index (χ2n) is 2.01. The summed E-state index contributed by atoms with van der Waals surface area (Å²) < 4.78 is 5.85. The number of carbonyl (C=O) groups excluding carboxylic acids is 1. The molecule has 0 unspecified atom stereocenters. The van der Waals surface area contributed by atoms with Crippen molar-refractivity contribution in [3.63, 3.8) is 0 Å². The average molecular weight is 235 g/mol. The highest BCUT2D eigenvalue weighted by Crippen LogP contribution is 2.34. The Morgan fingerprint density at radius 1 is 1.73 bits per heavy atom. The predicted molar refractivity (Wildman–Crippen MR) is 48.6 cm³/mol. The maximum Gasteiger partial charge on any atom is 0.169 e. The molecule has 1 aromatic rings. The van der Waals surface area contributed by atoms with Crippen molar-refractivity contribution in [2.24, 2.45) is 0 Å². The first-order chi connectivity index (χ1) is 5.15. The number of hydrogen-bond acceptors (Lipinski definition) is 3. The minimum atomic E-state index is 0.0685. The third-order valence-corrected chi connectivity index (χ3v) is 3.10. The van der Waals surface area contributed by atoms with Crippen LogP contribution in [0.3, 0.4) is 0 Å². The highest BCUT2D eigenvalue weighted by molar-refractivity contribution is 9.11. The van der Waals surface area contributed by atoms with Crippen LogP contribution in [-0.4, -0.2) is 12.9 Å². The van der Waals surface area contributed by atoms with E-state index in [1.165, 1.54) is 18.3 Å². The minimum absolute atomic E-state index is 0.0685. The van der Waals surface area contributed by atoms with Gasteiger partial charge in [0.05, 0.1) is 12.0 Å². The molecule has 60 valence electrons. The van der Waals surface area contributed by atoms with Crippen molar-refractivity contribution in [1.29, 1.82) is 0 Å². The first-order valence-corrected chi connectivity index (χ1v) is 4.60. The molecule has 1 heterocycles. The number of ketones is 1. The Kier molecular flexibility index (Phi) is 2.67. The van der Waals surface area contributed by atoms with Crippen LogP contribution in [0.1, 0.15) is 16.6 Å². The lowest BCUT2D eigenvalue weighted by Gasteiger charge is -1.91. The molecule has 0 bridgehead atoms. The van der Waals surface area contributed by atoms with Crippen LogP contribution < -0.4 is 4.74 Å². The molecule has 0 atom stereocenters. The largest absolute Gasteiger partial charge is 0.495 e. The summed E-state index contributed by atoms with van der Waals surface area (Å²) in [4.78, 5) is 11.6. The second-order valence-corrected chi connectivity index (χ2v) is 4.38. The van der Waals surface area contributed by atoms with Crippen LogP contribution in [0.2, 0.25) is 0 Å². The van der Waals surface area contributed by atoms with Gasteiger partial charge in [-0.15, -0.1) is 11.3 Å². The normalized spacial score (nSPS) is 9.73. The Hall–Kier alpha value is -0.350. The van der Waals surface area contributed by atoms with Crippen LogP contribution in [0.25, 0.3) is 0 Å². The molecule has 0 spiro atoms. The lowest BCUT2D eigenvalue weighted by molar-refractivity contribution is 0.102. The summed E-state index contributed by atoms with van der Waals surface area (Å²) in [6, 6.07) is 1.73. The Morgan fingerprint density at radius 2 is 2.36 bits per heavy atom. The molecule has 0 aromatic carbocycles. The molecule has 0 aliphatic rings. The lowest BCUT2D eigenvalue weighted by Crippen LogP contribution is -1.84. The average Bonchev–Trinajstić information content (AvgIpc) is 2.31. The van der Waals surface area contributed by atoms with Gasteiger partial charge in [-0.05, 0) is 22.9 Å². The Balaban J connectivity index is 3.05. The van der Waals surface area contributed by atoms with E-state index in [0.717, 1.165) is 9.54 Å². The van der Waals surface area contributed by atoms with E-state index >= 15 is 0 Å². The molecule has 0 saturated carbocycles. The van der Waals surface area contributed by atoms with Crippen LogP contribution in [0, 0.1) is 0 Å². The first-order valence-electron chi connectivity index (χ1n) is 2.99. The molecule has 1 aromatic heterocycles. The van der Waals surface area contributed by atoms with Crippen molar-refractivity contribution in [2.75, 3.05) is 7.11 Å². The van der Waals surface area contributed by atoms with Crippen LogP contribution >= 0.6 is 27.3 Å². The predicted octanol–water partition coefficient (Wildman–Crippen LogP) is 2.72. The number of Topliss-reactive ketones (excluding diaryl/α,β-unsaturated/α-hetero) is 1. The van der Waals surface area contributed by atoms with Gasteiger partial charge >= 0.3 is 0 Å². The van der Waals surface area contributed by atoms with E-state index in [-0.39, 0.29) is 5.78 Å². The molecule has 2 nitrogen and oxygen atoms in total. The summed E-state index contributed by atoms with van der Waals surface area (Å²) in [5.74, 6) is 0.791. The smallest absolute Gasteiger partial charge is 0.169 e. The molecule has 0 amide bonds. The second kappa shape index (κ2) is 3.36. The van der Waals surface area contributed by atoms with Crippen molar-refractivity contribution < 1.29 is 9.53 Å². The molecular weight excluding hydrogens is 228 g/mol. The van der Waals surface area contributed by atoms with Gasteiger partial charge in [-0.2, -0.15) is 0 Å². The number of rotatable bonds is 2. The maximum absolute atomic E-state index is 10.9. The number of carbonyl (C=O) groups is 1. The van der Waals surface area contributed by atoms with Crippen LogP contribution in [-0.2, 0) is 0 Å². The quantitative estimate of drug-likeness (QED) is 0.736. The fourth-order valence-electron chi connectivity index (χ4n) is 0.665. The molecule has 0 fully saturated rings. The van der Waals surface area contributed by atoms with Gasteiger partial charge in [0.1, 0.15) is 9.54 Å². The van der Waals surface area contributed by atoms with Gasteiger partial charge in [-0.25, -0.2) is 0 Å². The zero-order chi connectivity index (χ0) is 8.43. The molecule has 0 aliphatic carbocycles. The Bertz CT molecular complexity index is 280. The van der Waals surface area contributed by atoms with Gasteiger partial charge in [0.15, 0.2) is 5.78 Å². The zero-order valence-corrected chi connectivity index (χ0v) is 8.58. The summed E-state index contributed by atoms with van der Waals surface area (Å²) >= 11 is 4.68. The fourth-order valence-corrected chi connectivity index (χ4v) is 2.21. The summed E-state index contributed by atoms with van der Waals surface area (Å²) in [5.41, 5.74) is 0. The van der Waals surface area contributed by atoms with Gasteiger partial charge in [0.2, 0.25) is 0 Å². The number of halogens is 1. The third-order valence-electron chi connectivity index (χ3n) is 1.22. The SMILES string of the molecule is COc1cc(C(C)=O)sc1Br. The summed E-state index contributed by atoms with van der Waals surface area (Å²) in [6.45, 7) is 1.54. The standard InChI is InChI=1S/C7H7BrO2S/c1-4(9)6-3-5(10-2)7(8)11-6/h3H,1-2H3. The summed E-state index contributed by atoms with van der Waals surface area (Å²) in [5, 5.41) is 0. The van der Waals surface area contributed by atoms with Crippen molar-refractivity contribution in [3.8, 4) is 5.75 Å². The molecule has 1 rings (SSSR count). The van der Waals surface area contributed by atoms with E-state index in [2.05, 4.69) is 15.9 Å². The topological polar surface area (TPSA) is 26.3 Å². The number of ether oxygens (including phenoxy) is 1. The first kappa shape index (κ1) is 8.74. The van der Waals surface area contributed by atoms with Crippen LogP contribution in [0.4, 0.5) is 0 Å². The van der Waals surface area contributed by atoms with Gasteiger partial charge in [-0.1, -0.05) is 0 Å². The highest BCUT2D eigenvalue weighted by Gasteiger charge is 2.09. The van der Waals surface area contributed by atoms with Crippen molar-refractivity contribution in [3.05, 3.63) is 14.7 Å². The Morgan fingerprint density at radius 3 is 2.64 bits per heavy atom. The molecule has 4 heteroatoms. The summed E-state index contributed by atoms with van der Waals surface area (Å²) in [6.07, 6.45) is 0. The molecular formula is C7H7BrO2S. The highest BCUT2D eigenvalue weighted by atomic mass is 79.9. The third kappa shape index (κ3) is 1.81. The summed E-state index contributed by atoms with van der Waals surface area (Å²) in [7, 11) is 1.58.